The highest BCUT2D eigenvalue weighted by molar-refractivity contribution is 5.83. The fourth-order valence-electron chi connectivity index (χ4n) is 2.09. The molecule has 0 spiro atoms. The van der Waals surface area contributed by atoms with Crippen LogP contribution in [0.4, 0.5) is 0 Å². The molecule has 0 unspecified atom stereocenters. The number of hydrogen-bond acceptors (Lipinski definition) is 5. The van der Waals surface area contributed by atoms with Gasteiger partial charge in [-0.2, -0.15) is 0 Å². The molecule has 0 aliphatic heterocycles. The number of esters is 1. The molecule has 0 bridgehead atoms. The molecule has 0 amide bonds. The highest BCUT2D eigenvalue weighted by Gasteiger charge is 2.50. The summed E-state index contributed by atoms with van der Waals surface area (Å²) >= 11 is 0. The SMILES string of the molecule is COC(=O)c1nnc(C2(c3ccccc3)CC2)o1. The van der Waals surface area contributed by atoms with E-state index < -0.39 is 5.97 Å². The first-order valence-corrected chi connectivity index (χ1v) is 5.74. The Kier molecular flexibility index (Phi) is 2.40. The molecule has 2 aromatic rings. The third-order valence-corrected chi connectivity index (χ3v) is 3.27. The van der Waals surface area contributed by atoms with E-state index in [0.29, 0.717) is 5.89 Å². The van der Waals surface area contributed by atoms with Crippen molar-refractivity contribution in [1.82, 2.24) is 10.2 Å². The lowest BCUT2D eigenvalue weighted by atomic mass is 9.96. The van der Waals surface area contributed by atoms with Crippen molar-refractivity contribution in [3.05, 3.63) is 47.7 Å². The summed E-state index contributed by atoms with van der Waals surface area (Å²) in [5.41, 5.74) is 0.936. The van der Waals surface area contributed by atoms with Gasteiger partial charge >= 0.3 is 11.9 Å². The van der Waals surface area contributed by atoms with Crippen LogP contribution in [0, 0.1) is 0 Å². The molecule has 18 heavy (non-hydrogen) atoms. The number of ether oxygens (including phenoxy) is 1. The van der Waals surface area contributed by atoms with Crippen LogP contribution in [-0.4, -0.2) is 23.3 Å². The number of nitrogens with zero attached hydrogens (tertiary/aromatic N) is 2. The van der Waals surface area contributed by atoms with Crippen LogP contribution >= 0.6 is 0 Å². The summed E-state index contributed by atoms with van der Waals surface area (Å²) < 4.78 is 9.97. The van der Waals surface area contributed by atoms with Crippen LogP contribution in [0.2, 0.25) is 0 Å². The van der Waals surface area contributed by atoms with Crippen LogP contribution in [0.3, 0.4) is 0 Å². The van der Waals surface area contributed by atoms with Crippen molar-refractivity contribution >= 4 is 5.97 Å². The smallest absolute Gasteiger partial charge is 0.396 e. The van der Waals surface area contributed by atoms with Crippen LogP contribution in [0.25, 0.3) is 0 Å². The van der Waals surface area contributed by atoms with E-state index in [1.807, 2.05) is 30.3 Å². The molecule has 1 saturated carbocycles. The van der Waals surface area contributed by atoms with Gasteiger partial charge in [0, 0.05) is 0 Å². The van der Waals surface area contributed by atoms with Crippen molar-refractivity contribution in [1.29, 1.82) is 0 Å². The Morgan fingerprint density at radius 2 is 2.00 bits per heavy atom. The number of benzene rings is 1. The minimum atomic E-state index is -0.599. The predicted molar refractivity (Wildman–Crippen MR) is 62.1 cm³/mol. The second-order valence-corrected chi connectivity index (χ2v) is 4.35. The Morgan fingerprint density at radius 1 is 1.28 bits per heavy atom. The van der Waals surface area contributed by atoms with E-state index in [2.05, 4.69) is 14.9 Å². The summed E-state index contributed by atoms with van der Waals surface area (Å²) in [7, 11) is 1.29. The molecule has 92 valence electrons. The van der Waals surface area contributed by atoms with Crippen LogP contribution in [0.15, 0.2) is 34.7 Å². The van der Waals surface area contributed by atoms with Crippen LogP contribution < -0.4 is 0 Å². The topological polar surface area (TPSA) is 65.2 Å². The Morgan fingerprint density at radius 3 is 2.61 bits per heavy atom. The molecule has 0 saturated heterocycles. The molecule has 0 radical (unpaired) electrons. The molecule has 1 aliphatic rings. The third-order valence-electron chi connectivity index (χ3n) is 3.27. The van der Waals surface area contributed by atoms with Gasteiger partial charge in [0.1, 0.15) is 0 Å². The number of hydrogen-bond donors (Lipinski definition) is 0. The summed E-state index contributed by atoms with van der Waals surface area (Å²) in [6.07, 6.45) is 1.92. The quantitative estimate of drug-likeness (QED) is 0.772. The lowest BCUT2D eigenvalue weighted by Crippen LogP contribution is -2.08. The van der Waals surface area contributed by atoms with Crippen LogP contribution in [0.5, 0.6) is 0 Å². The minimum Gasteiger partial charge on any atom is -0.462 e. The van der Waals surface area contributed by atoms with Gasteiger partial charge in [0.25, 0.3) is 0 Å². The molecule has 0 atom stereocenters. The number of carbonyl (C=O) groups is 1. The molecular formula is C13H12N2O3. The second kappa shape index (κ2) is 3.94. The summed E-state index contributed by atoms with van der Waals surface area (Å²) in [5.74, 6) is -0.193. The van der Waals surface area contributed by atoms with Crippen molar-refractivity contribution in [3.63, 3.8) is 0 Å². The van der Waals surface area contributed by atoms with Crippen molar-refractivity contribution in [3.8, 4) is 0 Å². The molecule has 0 N–H and O–H groups in total. The number of rotatable bonds is 3. The van der Waals surface area contributed by atoms with E-state index in [9.17, 15) is 4.79 Å². The highest BCUT2D eigenvalue weighted by atomic mass is 16.5. The van der Waals surface area contributed by atoms with E-state index in [1.165, 1.54) is 7.11 Å². The molecule has 1 aromatic carbocycles. The van der Waals surface area contributed by atoms with Gasteiger partial charge in [-0.1, -0.05) is 30.3 Å². The Hall–Kier alpha value is -2.17. The zero-order chi connectivity index (χ0) is 12.6. The van der Waals surface area contributed by atoms with Gasteiger partial charge in [0.05, 0.1) is 12.5 Å². The van der Waals surface area contributed by atoms with E-state index >= 15 is 0 Å². The summed E-state index contributed by atoms with van der Waals surface area (Å²) in [6.45, 7) is 0. The average molecular weight is 244 g/mol. The normalized spacial score (nSPS) is 16.3. The maximum Gasteiger partial charge on any atom is 0.396 e. The van der Waals surface area contributed by atoms with Gasteiger partial charge in [0.15, 0.2) is 0 Å². The molecular weight excluding hydrogens is 232 g/mol. The lowest BCUT2D eigenvalue weighted by Gasteiger charge is -2.09. The number of carbonyl (C=O) groups excluding carboxylic acids is 1. The fraction of sp³-hybridized carbons (Fsp3) is 0.308. The third kappa shape index (κ3) is 1.59. The van der Waals surface area contributed by atoms with Crippen LogP contribution in [-0.2, 0) is 10.2 Å². The van der Waals surface area contributed by atoms with Gasteiger partial charge in [-0.25, -0.2) is 4.79 Å². The second-order valence-electron chi connectivity index (χ2n) is 4.35. The van der Waals surface area contributed by atoms with Crippen molar-refractivity contribution in [2.24, 2.45) is 0 Å². The number of methoxy groups -OCH3 is 1. The maximum atomic E-state index is 11.3. The van der Waals surface area contributed by atoms with Crippen molar-refractivity contribution in [2.45, 2.75) is 18.3 Å². The maximum absolute atomic E-state index is 11.3. The first kappa shape index (κ1) is 11.0. The molecule has 1 aliphatic carbocycles. The van der Waals surface area contributed by atoms with Gasteiger partial charge in [0.2, 0.25) is 5.89 Å². The van der Waals surface area contributed by atoms with Gasteiger partial charge in [-0.05, 0) is 18.4 Å². The van der Waals surface area contributed by atoms with Gasteiger partial charge < -0.3 is 9.15 Å². The standard InChI is InChI=1S/C13H12N2O3/c1-17-11(16)10-14-15-12(18-10)13(7-8-13)9-5-3-2-4-6-9/h2-6H,7-8H2,1H3. The zero-order valence-electron chi connectivity index (χ0n) is 9.92. The van der Waals surface area contributed by atoms with Crippen LogP contribution in [0.1, 0.15) is 35.0 Å². The van der Waals surface area contributed by atoms with Gasteiger partial charge in [-0.15, -0.1) is 10.2 Å². The van der Waals surface area contributed by atoms with Gasteiger partial charge in [-0.3, -0.25) is 0 Å². The minimum absolute atomic E-state index is 0.0882. The van der Waals surface area contributed by atoms with E-state index in [4.69, 9.17) is 4.42 Å². The average Bonchev–Trinajstić information content (AvgIpc) is 3.10. The van der Waals surface area contributed by atoms with Crippen molar-refractivity contribution < 1.29 is 13.9 Å². The molecule has 3 rings (SSSR count). The largest absolute Gasteiger partial charge is 0.462 e. The lowest BCUT2D eigenvalue weighted by molar-refractivity contribution is 0.0553. The summed E-state index contributed by atoms with van der Waals surface area (Å²) in [5, 5.41) is 7.71. The molecule has 5 nitrogen and oxygen atoms in total. The predicted octanol–water partition coefficient (Wildman–Crippen LogP) is 1.94. The highest BCUT2D eigenvalue weighted by Crippen LogP contribution is 2.52. The summed E-state index contributed by atoms with van der Waals surface area (Å²) in [6, 6.07) is 10.00. The number of aromatic nitrogens is 2. The van der Waals surface area contributed by atoms with E-state index in [1.54, 1.807) is 0 Å². The fourth-order valence-corrected chi connectivity index (χ4v) is 2.09. The molecule has 1 aromatic heterocycles. The Labute approximate surface area is 104 Å². The Balaban J connectivity index is 1.96. The monoisotopic (exact) mass is 244 g/mol. The molecule has 1 heterocycles. The first-order valence-electron chi connectivity index (χ1n) is 5.74. The van der Waals surface area contributed by atoms with Crippen molar-refractivity contribution in [2.75, 3.05) is 7.11 Å². The molecule has 5 heteroatoms. The Bertz CT molecular complexity index is 573. The first-order chi connectivity index (χ1) is 8.76. The van der Waals surface area contributed by atoms with E-state index in [-0.39, 0.29) is 11.3 Å². The zero-order valence-corrected chi connectivity index (χ0v) is 9.92. The molecule has 1 fully saturated rings. The van der Waals surface area contributed by atoms with E-state index in [0.717, 1.165) is 18.4 Å². The summed E-state index contributed by atoms with van der Waals surface area (Å²) in [4.78, 5) is 11.3.